The van der Waals surface area contributed by atoms with E-state index in [1.165, 1.54) is 4.90 Å². The van der Waals surface area contributed by atoms with Gasteiger partial charge in [-0.15, -0.1) is 13.2 Å². The van der Waals surface area contributed by atoms with E-state index >= 15 is 0 Å². The molecular weight excluding hydrogens is 630 g/mol. The van der Waals surface area contributed by atoms with E-state index in [1.54, 1.807) is 17.1 Å². The van der Waals surface area contributed by atoms with Crippen molar-refractivity contribution >= 4 is 39.6 Å². The first-order valence-electron chi connectivity index (χ1n) is 15.5. The van der Waals surface area contributed by atoms with Crippen molar-refractivity contribution in [2.45, 2.75) is 74.1 Å². The van der Waals surface area contributed by atoms with Crippen molar-refractivity contribution in [3.63, 3.8) is 0 Å². The zero-order valence-corrected chi connectivity index (χ0v) is 27.0. The molecule has 0 aliphatic carbocycles. The highest BCUT2D eigenvalue weighted by Crippen LogP contribution is 2.60. The number of nitrogens with zero attached hydrogens (tertiary/aromatic N) is 2. The Morgan fingerprint density at radius 1 is 1.25 bits per heavy atom. The van der Waals surface area contributed by atoms with Gasteiger partial charge in [-0.1, -0.05) is 71.8 Å². The molecule has 3 saturated heterocycles. The summed E-state index contributed by atoms with van der Waals surface area (Å²) in [5, 5.41) is 12.5. The number of likely N-dealkylation sites (tertiary alicyclic amines) is 1. The summed E-state index contributed by atoms with van der Waals surface area (Å²) >= 11 is 3.69. The van der Waals surface area contributed by atoms with Crippen LogP contribution in [0.5, 0.6) is 0 Å². The predicted molar refractivity (Wildman–Crippen MR) is 169 cm³/mol. The van der Waals surface area contributed by atoms with Crippen LogP contribution in [0.3, 0.4) is 0 Å². The lowest BCUT2D eigenvalue weighted by molar-refractivity contribution is -0.160. The Hall–Kier alpha value is -3.02. The van der Waals surface area contributed by atoms with Gasteiger partial charge in [0.1, 0.15) is 17.7 Å². The molecule has 3 fully saturated rings. The highest BCUT2D eigenvalue weighted by molar-refractivity contribution is 9.09. The van der Waals surface area contributed by atoms with Crippen molar-refractivity contribution < 1.29 is 33.8 Å². The van der Waals surface area contributed by atoms with Gasteiger partial charge >= 0.3 is 5.97 Å². The molecule has 0 saturated carbocycles. The van der Waals surface area contributed by atoms with Crippen LogP contribution in [-0.4, -0.2) is 94.0 Å². The average molecular weight is 675 g/mol. The number of aliphatic hydroxyl groups excluding tert-OH is 1. The van der Waals surface area contributed by atoms with Crippen molar-refractivity contribution in [1.29, 1.82) is 0 Å². The topological polar surface area (TPSA) is 125 Å². The highest BCUT2D eigenvalue weighted by Gasteiger charge is 2.77. The lowest BCUT2D eigenvalue weighted by Gasteiger charge is -2.37. The van der Waals surface area contributed by atoms with E-state index in [4.69, 9.17) is 9.47 Å². The molecule has 3 aliphatic heterocycles. The summed E-state index contributed by atoms with van der Waals surface area (Å²) in [5.41, 5.74) is -0.524. The van der Waals surface area contributed by atoms with Gasteiger partial charge in [-0.05, 0) is 31.2 Å². The van der Waals surface area contributed by atoms with Crippen LogP contribution >= 0.6 is 15.9 Å². The molecule has 44 heavy (non-hydrogen) atoms. The minimum atomic E-state index is -1.22. The molecule has 11 heteroatoms. The first-order valence-corrected chi connectivity index (χ1v) is 16.4. The minimum Gasteiger partial charge on any atom is -0.455 e. The summed E-state index contributed by atoms with van der Waals surface area (Å²) in [4.78, 5) is 57.7. The van der Waals surface area contributed by atoms with E-state index in [0.29, 0.717) is 31.5 Å². The van der Waals surface area contributed by atoms with E-state index < -0.39 is 41.7 Å². The van der Waals surface area contributed by atoms with Gasteiger partial charge in [0.15, 0.2) is 0 Å². The second-order valence-electron chi connectivity index (χ2n) is 11.7. The second kappa shape index (κ2) is 15.3. The normalized spacial score (nSPS) is 27.5. The summed E-state index contributed by atoms with van der Waals surface area (Å²) in [6, 6.07) is 8.18. The molecule has 7 atom stereocenters. The van der Waals surface area contributed by atoms with Crippen LogP contribution in [0.15, 0.2) is 55.6 Å². The monoisotopic (exact) mass is 673 g/mol. The zero-order chi connectivity index (χ0) is 31.9. The Labute approximate surface area is 267 Å². The Kier molecular flexibility index (Phi) is 11.8. The highest BCUT2D eigenvalue weighted by atomic mass is 79.9. The molecule has 1 spiro atoms. The largest absolute Gasteiger partial charge is 0.455 e. The van der Waals surface area contributed by atoms with E-state index in [-0.39, 0.29) is 55.1 Å². The fourth-order valence-corrected chi connectivity index (χ4v) is 7.71. The molecule has 2 bridgehead atoms. The smallest absolute Gasteiger partial charge is 0.313 e. The average Bonchev–Trinajstić information content (AvgIpc) is 3.62. The Morgan fingerprint density at radius 3 is 2.66 bits per heavy atom. The van der Waals surface area contributed by atoms with Gasteiger partial charge in [0.2, 0.25) is 17.7 Å². The number of aliphatic hydroxyl groups is 1. The number of halogens is 1. The van der Waals surface area contributed by atoms with Crippen molar-refractivity contribution in [3.8, 4) is 0 Å². The number of alkyl halides is 1. The van der Waals surface area contributed by atoms with Crippen LogP contribution in [0.25, 0.3) is 0 Å². The lowest BCUT2D eigenvalue weighted by Crippen LogP contribution is -2.57. The number of benzene rings is 1. The van der Waals surface area contributed by atoms with Crippen LogP contribution in [0.4, 0.5) is 0 Å². The molecule has 3 aliphatic rings. The quantitative estimate of drug-likeness (QED) is 0.148. The molecule has 240 valence electrons. The molecule has 0 radical (unpaired) electrons. The summed E-state index contributed by atoms with van der Waals surface area (Å²) in [7, 11) is 0. The maximum absolute atomic E-state index is 14.2. The third-order valence-electron chi connectivity index (χ3n) is 8.79. The number of fused-ring (bicyclic) bond motifs is 1. The number of carbonyl (C=O) groups excluding carboxylic acids is 4. The van der Waals surface area contributed by atoms with Crippen molar-refractivity contribution in [2.75, 3.05) is 32.8 Å². The van der Waals surface area contributed by atoms with Gasteiger partial charge in [-0.2, -0.15) is 0 Å². The van der Waals surface area contributed by atoms with Gasteiger partial charge in [0.25, 0.3) is 0 Å². The number of nitrogens with one attached hydrogen (secondary N) is 1. The maximum atomic E-state index is 14.2. The number of ether oxygens (including phenoxy) is 2. The van der Waals surface area contributed by atoms with E-state index in [2.05, 4.69) is 34.4 Å². The molecule has 0 aromatic heterocycles. The first kappa shape index (κ1) is 33.9. The fourth-order valence-electron chi connectivity index (χ4n) is 6.77. The molecule has 1 aromatic carbocycles. The van der Waals surface area contributed by atoms with Crippen molar-refractivity contribution in [3.05, 3.63) is 61.2 Å². The van der Waals surface area contributed by atoms with Crippen LogP contribution in [0, 0.1) is 11.8 Å². The van der Waals surface area contributed by atoms with Crippen LogP contribution < -0.4 is 5.32 Å². The SMILES string of the molecule is C=CCCC(=O)NC[C@H](OC(=O)[C@@H]1[C@H]2O[C@@]3(CC2Br)[C@H](C(=O)N(CC=C)CCCC)N(CCCO)C(=O)[C@@H]13)c1ccccc1. The van der Waals surface area contributed by atoms with Crippen molar-refractivity contribution in [1.82, 2.24) is 15.1 Å². The third-order valence-corrected chi connectivity index (χ3v) is 9.63. The fraction of sp³-hybridized carbons (Fsp3) is 0.576. The molecular formula is C33H44BrN3O7. The van der Waals surface area contributed by atoms with Gasteiger partial charge in [0.05, 0.1) is 24.5 Å². The molecule has 2 N–H and O–H groups in total. The van der Waals surface area contributed by atoms with E-state index in [0.717, 1.165) is 12.8 Å². The number of amides is 3. The zero-order valence-electron chi connectivity index (χ0n) is 25.4. The number of esters is 1. The minimum absolute atomic E-state index is 0.0587. The van der Waals surface area contributed by atoms with E-state index in [9.17, 15) is 24.3 Å². The number of hydrogen-bond donors (Lipinski definition) is 2. The predicted octanol–water partition coefficient (Wildman–Crippen LogP) is 3.30. The number of carbonyl (C=O) groups is 4. The lowest BCUT2D eigenvalue weighted by atomic mass is 9.70. The second-order valence-corrected chi connectivity index (χ2v) is 12.8. The first-order chi connectivity index (χ1) is 21.2. The van der Waals surface area contributed by atoms with Gasteiger partial charge in [0, 0.05) is 37.5 Å². The third kappa shape index (κ3) is 6.79. The Bertz CT molecular complexity index is 1210. The summed E-state index contributed by atoms with van der Waals surface area (Å²) in [6.45, 7) is 10.4. The maximum Gasteiger partial charge on any atom is 0.313 e. The van der Waals surface area contributed by atoms with Gasteiger partial charge in [-0.25, -0.2) is 0 Å². The Morgan fingerprint density at radius 2 is 2.00 bits per heavy atom. The van der Waals surface area contributed by atoms with Crippen LogP contribution in [0.2, 0.25) is 0 Å². The van der Waals surface area contributed by atoms with Crippen molar-refractivity contribution in [2.24, 2.45) is 11.8 Å². The molecule has 10 nitrogen and oxygen atoms in total. The number of rotatable bonds is 17. The summed E-state index contributed by atoms with van der Waals surface area (Å²) in [5.74, 6) is -3.27. The van der Waals surface area contributed by atoms with Gasteiger partial charge in [-0.3, -0.25) is 19.2 Å². The molecule has 3 amide bonds. The molecule has 3 heterocycles. The standard InChI is InChI=1S/C33H44BrN3O7/c1-4-7-15-25(39)35-21-24(22-13-10-9-11-14-22)43-32(42)26-27-30(40)37(18-12-19-38)29(33(27)20-23(34)28(26)44-33)31(41)36(16-6-3)17-8-5-2/h4,6,9-11,13-14,23-24,26-29,38H,1,3,5,7-8,12,15-21H2,2H3,(H,35,39)/t23?,24-,26-,27+,28-,29-,33+/m0/s1. The van der Waals surface area contributed by atoms with Crippen LogP contribution in [0.1, 0.15) is 57.1 Å². The van der Waals surface area contributed by atoms with E-state index in [1.807, 2.05) is 37.3 Å². The molecule has 1 unspecified atom stereocenters. The van der Waals surface area contributed by atoms with Gasteiger partial charge < -0.3 is 29.7 Å². The molecule has 4 rings (SSSR count). The number of hydrogen-bond acceptors (Lipinski definition) is 7. The number of unbranched alkanes of at least 4 members (excludes halogenated alkanes) is 1. The summed E-state index contributed by atoms with van der Waals surface area (Å²) < 4.78 is 12.7. The van der Waals surface area contributed by atoms with Crippen LogP contribution in [-0.2, 0) is 28.7 Å². The Balaban J connectivity index is 1.64. The summed E-state index contributed by atoms with van der Waals surface area (Å²) in [6.07, 6.45) is 4.99. The molecule has 1 aromatic rings. The number of allylic oxidation sites excluding steroid dienone is 1.